The summed E-state index contributed by atoms with van der Waals surface area (Å²) in [6.07, 6.45) is -21.9. The molecule has 10 N–H and O–H groups in total. The zero-order valence-corrected chi connectivity index (χ0v) is 48.8. The van der Waals surface area contributed by atoms with Crippen molar-refractivity contribution in [3.63, 3.8) is 0 Å². The van der Waals surface area contributed by atoms with Gasteiger partial charge in [-0.1, -0.05) is 32.0 Å². The number of carbonyl (C=O) groups excluding carboxylic acids is 3. The van der Waals surface area contributed by atoms with Crippen molar-refractivity contribution < 1.29 is 113 Å². The summed E-state index contributed by atoms with van der Waals surface area (Å²) in [6.45, 7) is 12.9. The lowest BCUT2D eigenvalue weighted by Gasteiger charge is -2.46. The molecule has 5 unspecified atom stereocenters. The molecule has 25 atom stereocenters. The normalized spacial score (nSPS) is 39.4. The minimum absolute atomic E-state index is 0.0424. The molecule has 23 heteroatoms. The van der Waals surface area contributed by atoms with Crippen LogP contribution in [0.2, 0.25) is 0 Å². The number of fused-ring (bicyclic) bond motifs is 2. The van der Waals surface area contributed by atoms with Crippen molar-refractivity contribution in [2.24, 2.45) is 17.8 Å². The summed E-state index contributed by atoms with van der Waals surface area (Å²) in [6, 6.07) is 11.0. The van der Waals surface area contributed by atoms with E-state index >= 15 is 4.79 Å². The van der Waals surface area contributed by atoms with Gasteiger partial charge in [0.15, 0.2) is 30.3 Å². The van der Waals surface area contributed by atoms with Gasteiger partial charge in [-0.25, -0.2) is 4.79 Å². The Labute approximate surface area is 487 Å². The van der Waals surface area contributed by atoms with Gasteiger partial charge < -0.3 is 98.4 Å². The maximum Gasteiger partial charge on any atom is 0.338 e. The first kappa shape index (κ1) is 64.0. The number of carbonyl (C=O) groups is 3. The molecule has 5 fully saturated rings. The summed E-state index contributed by atoms with van der Waals surface area (Å²) in [5, 5.41) is 112. The highest BCUT2D eigenvalue weighted by atomic mass is 16.7. The lowest BCUT2D eigenvalue weighted by atomic mass is 9.75. The zero-order chi connectivity index (χ0) is 61.0. The second-order valence-electron chi connectivity index (χ2n) is 24.6. The molecule has 3 aromatic carbocycles. The molecule has 84 heavy (non-hydrogen) atoms. The van der Waals surface area contributed by atoms with Crippen LogP contribution in [0.5, 0.6) is 17.2 Å². The van der Waals surface area contributed by atoms with E-state index in [0.717, 1.165) is 0 Å². The summed E-state index contributed by atoms with van der Waals surface area (Å²) in [5.74, 6) is -5.47. The van der Waals surface area contributed by atoms with Crippen molar-refractivity contribution in [3.05, 3.63) is 64.7 Å². The number of phenolic OH excluding ortho intramolecular Hbond substituents is 2. The zero-order valence-electron chi connectivity index (χ0n) is 48.8. The fourth-order valence-corrected chi connectivity index (χ4v) is 13.3. The minimum atomic E-state index is -1.98. The third kappa shape index (κ3) is 13.3. The maximum absolute atomic E-state index is 15.3. The van der Waals surface area contributed by atoms with Crippen molar-refractivity contribution in [1.82, 2.24) is 0 Å². The molecule has 3 aliphatic carbocycles. The summed E-state index contributed by atoms with van der Waals surface area (Å²) in [7, 11) is 1.20. The average molecular weight is 1190 g/mol. The van der Waals surface area contributed by atoms with Gasteiger partial charge in [-0.05, 0) is 108 Å². The van der Waals surface area contributed by atoms with Crippen molar-refractivity contribution in [1.29, 1.82) is 0 Å². The molecular weight excluding hydrogens is 1100 g/mol. The number of esters is 1. The van der Waals surface area contributed by atoms with Crippen LogP contribution in [0.4, 0.5) is 0 Å². The van der Waals surface area contributed by atoms with E-state index in [1.807, 2.05) is 13.8 Å². The molecule has 0 spiro atoms. The molecule has 23 nitrogen and oxygen atoms in total. The van der Waals surface area contributed by atoms with Crippen LogP contribution in [0.15, 0.2) is 42.5 Å². The molecule has 3 saturated heterocycles. The first-order chi connectivity index (χ1) is 39.6. The molecule has 3 aromatic rings. The van der Waals surface area contributed by atoms with E-state index in [-0.39, 0.29) is 89.1 Å². The largest absolute Gasteiger partial charge is 0.507 e. The lowest BCUT2D eigenvalue weighted by molar-refractivity contribution is -0.298. The SMILES string of the molecule is CO[C@H](C(=O)[C@@H](O)[C@@H](C)OC(=O)c1ccccc1)[C@@H]1Cc2cc3cc(O[C@H]4C[C@@H](O[C@H]5C[C@@H](O)[C@H](O)C(C)O5)[C@H](O)C(C)O4)c(C)c(O)c3c(O)c2C(=O)[C@H]1O[C@H]1C[C@@H](O[C@@H]2CC(C)[C@H](O)[C@H](O[C@@H]3CC(C)[C@@H](O)[C@@](C)(O)C3)C2)[C@H](O)C(C)O1. The maximum atomic E-state index is 15.3. The molecule has 466 valence electrons. The quantitative estimate of drug-likeness (QED) is 0.0869. The number of rotatable bonds is 17. The predicted molar refractivity (Wildman–Crippen MR) is 295 cm³/mol. The minimum Gasteiger partial charge on any atom is -0.507 e. The van der Waals surface area contributed by atoms with E-state index in [4.69, 9.17) is 47.4 Å². The number of ether oxygens (including phenoxy) is 10. The summed E-state index contributed by atoms with van der Waals surface area (Å²) in [4.78, 5) is 43.0. The number of methoxy groups -OCH3 is 1. The van der Waals surface area contributed by atoms with Crippen LogP contribution >= 0.6 is 0 Å². The fourth-order valence-electron chi connectivity index (χ4n) is 13.3. The number of hydrogen-bond donors (Lipinski definition) is 10. The molecule has 3 heterocycles. The number of hydrogen-bond acceptors (Lipinski definition) is 23. The Bertz CT molecular complexity index is 2780. The standard InChI is InChI=1S/C61H84O23/c1-25-15-35(20-40(48(25)63)81-36-16-26(2)59(72)61(8,74)24-36)80-41-22-45(78-29(5)51(41)66)84-58-37(57(75-9)56(71)53(68)31(7)79-60(73)32-13-11-10-12-14-32)18-33-17-34-19-39(27(3)49(64)46(34)54(69)47(33)55(58)70)82-44-23-42(52(67)30(6)77-44)83-43-21-38(62)50(65)28(4)76-43/h10-14,17,19,25-26,28-31,35-38,40-45,48,50-53,57-59,62-69,72,74H,15-16,18,20-24H2,1-9H3/t25?,26?,28?,29?,30?,31-,35-,36-,37+,38-,40-,41-,42-,43+,44+,45+,48+,50-,51-,52-,53+,57+,58+,59-,61+/m1/s1. The van der Waals surface area contributed by atoms with Crippen LogP contribution in [0.3, 0.4) is 0 Å². The van der Waals surface area contributed by atoms with Crippen LogP contribution in [0.1, 0.15) is 125 Å². The molecular formula is C61H84O23. The topological polar surface area (TPSA) is 346 Å². The monoisotopic (exact) mass is 1180 g/mol. The van der Waals surface area contributed by atoms with E-state index in [9.17, 15) is 60.7 Å². The van der Waals surface area contributed by atoms with Gasteiger partial charge in [0, 0.05) is 50.7 Å². The van der Waals surface area contributed by atoms with Crippen molar-refractivity contribution in [2.75, 3.05) is 7.11 Å². The molecule has 2 saturated carbocycles. The van der Waals surface area contributed by atoms with E-state index in [2.05, 4.69) is 0 Å². The Hall–Kier alpha value is -4.51. The van der Waals surface area contributed by atoms with E-state index in [1.54, 1.807) is 45.9 Å². The molecule has 6 aliphatic rings. The lowest BCUT2D eigenvalue weighted by Crippen LogP contribution is -2.56. The van der Waals surface area contributed by atoms with Gasteiger partial charge in [0.05, 0.1) is 89.3 Å². The van der Waals surface area contributed by atoms with Gasteiger partial charge in [0.1, 0.15) is 53.9 Å². The molecule has 0 amide bonds. The Morgan fingerprint density at radius 1 is 0.702 bits per heavy atom. The third-order valence-corrected chi connectivity index (χ3v) is 18.1. The van der Waals surface area contributed by atoms with Gasteiger partial charge in [0.25, 0.3) is 0 Å². The first-order valence-electron chi connectivity index (χ1n) is 29.3. The number of benzene rings is 3. The third-order valence-electron chi connectivity index (χ3n) is 18.1. The summed E-state index contributed by atoms with van der Waals surface area (Å²) >= 11 is 0. The van der Waals surface area contributed by atoms with Crippen LogP contribution in [0, 0.1) is 24.7 Å². The van der Waals surface area contributed by atoms with Crippen LogP contribution in [0.25, 0.3) is 10.8 Å². The highest BCUT2D eigenvalue weighted by Gasteiger charge is 2.51. The number of aliphatic hydroxyl groups excluding tert-OH is 7. The second-order valence-corrected chi connectivity index (χ2v) is 24.6. The van der Waals surface area contributed by atoms with Crippen LogP contribution < -0.4 is 4.74 Å². The van der Waals surface area contributed by atoms with E-state index in [0.29, 0.717) is 12.8 Å². The molecule has 0 bridgehead atoms. The van der Waals surface area contributed by atoms with Gasteiger partial charge >= 0.3 is 5.97 Å². The van der Waals surface area contributed by atoms with Crippen LogP contribution in [-0.2, 0) is 53.8 Å². The Morgan fingerprint density at radius 2 is 1.29 bits per heavy atom. The van der Waals surface area contributed by atoms with Gasteiger partial charge in [-0.3, -0.25) is 9.59 Å². The molecule has 3 aliphatic heterocycles. The number of phenols is 2. The highest BCUT2D eigenvalue weighted by molar-refractivity contribution is 6.11. The Balaban J connectivity index is 0.989. The fraction of sp³-hybridized carbons (Fsp3) is 0.689. The smallest absolute Gasteiger partial charge is 0.338 e. The number of ketones is 2. The summed E-state index contributed by atoms with van der Waals surface area (Å²) < 4.78 is 61.5. The number of aliphatic hydroxyl groups is 8. The molecule has 0 aromatic heterocycles. The van der Waals surface area contributed by atoms with Crippen LogP contribution in [-0.4, -0.2) is 210 Å². The Kier molecular flexibility index (Phi) is 19.8. The van der Waals surface area contributed by atoms with Crippen molar-refractivity contribution in [3.8, 4) is 17.2 Å². The molecule has 0 radical (unpaired) electrons. The van der Waals surface area contributed by atoms with E-state index < -0.39 is 169 Å². The van der Waals surface area contributed by atoms with Gasteiger partial charge in [-0.15, -0.1) is 0 Å². The number of aromatic hydroxyl groups is 2. The molecule has 9 rings (SSSR count). The van der Waals surface area contributed by atoms with Crippen molar-refractivity contribution >= 4 is 28.3 Å². The van der Waals surface area contributed by atoms with Gasteiger partial charge in [0.2, 0.25) is 6.29 Å². The number of Topliss-reactive ketones (excluding diaryl/α,β-unsaturated/α-hetero) is 2. The van der Waals surface area contributed by atoms with Crippen molar-refractivity contribution in [2.45, 2.75) is 241 Å². The average Bonchev–Trinajstić information content (AvgIpc) is 1.48. The first-order valence-corrected chi connectivity index (χ1v) is 29.3. The second kappa shape index (κ2) is 26.1. The highest BCUT2D eigenvalue weighted by Crippen LogP contribution is 2.48. The van der Waals surface area contributed by atoms with Gasteiger partial charge in [-0.2, -0.15) is 0 Å². The summed E-state index contributed by atoms with van der Waals surface area (Å²) in [5.41, 5.74) is -1.16. The predicted octanol–water partition coefficient (Wildman–Crippen LogP) is 2.94. The Morgan fingerprint density at radius 3 is 1.93 bits per heavy atom. The van der Waals surface area contributed by atoms with E-state index in [1.165, 1.54) is 45.2 Å².